The summed E-state index contributed by atoms with van der Waals surface area (Å²) in [5, 5.41) is 8.28. The SMILES string of the molecule is COc1ccc(Cc2nnc(N)c3c2OCCC3)c(OC)c1. The second kappa shape index (κ2) is 6.09. The zero-order valence-corrected chi connectivity index (χ0v) is 12.8. The molecule has 0 amide bonds. The predicted molar refractivity (Wildman–Crippen MR) is 82.6 cm³/mol. The molecule has 6 nitrogen and oxygen atoms in total. The maximum absolute atomic E-state index is 5.90. The molecule has 0 fully saturated rings. The maximum atomic E-state index is 5.90. The minimum absolute atomic E-state index is 0.458. The van der Waals surface area contributed by atoms with Gasteiger partial charge in [-0.05, 0) is 18.9 Å². The molecule has 116 valence electrons. The Morgan fingerprint density at radius 1 is 1.23 bits per heavy atom. The Morgan fingerprint density at radius 3 is 2.86 bits per heavy atom. The van der Waals surface area contributed by atoms with Crippen LogP contribution in [0.15, 0.2) is 18.2 Å². The fourth-order valence-electron chi connectivity index (χ4n) is 2.64. The lowest BCUT2D eigenvalue weighted by molar-refractivity contribution is 0.283. The average molecular weight is 301 g/mol. The molecule has 2 heterocycles. The molecule has 1 aliphatic rings. The number of aromatic nitrogens is 2. The van der Waals surface area contributed by atoms with Gasteiger partial charge in [0.25, 0.3) is 0 Å². The number of methoxy groups -OCH3 is 2. The fourth-order valence-corrected chi connectivity index (χ4v) is 2.64. The Morgan fingerprint density at radius 2 is 2.09 bits per heavy atom. The van der Waals surface area contributed by atoms with Crippen LogP contribution in [0.3, 0.4) is 0 Å². The quantitative estimate of drug-likeness (QED) is 0.930. The van der Waals surface area contributed by atoms with Crippen molar-refractivity contribution in [1.82, 2.24) is 10.2 Å². The van der Waals surface area contributed by atoms with Gasteiger partial charge in [-0.3, -0.25) is 0 Å². The van der Waals surface area contributed by atoms with E-state index in [1.54, 1.807) is 14.2 Å². The summed E-state index contributed by atoms with van der Waals surface area (Å²) in [6, 6.07) is 5.72. The van der Waals surface area contributed by atoms with Crippen molar-refractivity contribution in [1.29, 1.82) is 0 Å². The van der Waals surface area contributed by atoms with Crippen molar-refractivity contribution in [2.24, 2.45) is 0 Å². The largest absolute Gasteiger partial charge is 0.497 e. The fraction of sp³-hybridized carbons (Fsp3) is 0.375. The molecule has 0 bridgehead atoms. The first-order chi connectivity index (χ1) is 10.7. The van der Waals surface area contributed by atoms with Gasteiger partial charge in [0.1, 0.15) is 22.9 Å². The van der Waals surface area contributed by atoms with E-state index in [1.807, 2.05) is 18.2 Å². The molecule has 0 radical (unpaired) electrons. The van der Waals surface area contributed by atoms with Crippen molar-refractivity contribution in [2.75, 3.05) is 26.6 Å². The van der Waals surface area contributed by atoms with Gasteiger partial charge in [-0.2, -0.15) is 0 Å². The number of hydrogen-bond acceptors (Lipinski definition) is 6. The summed E-state index contributed by atoms with van der Waals surface area (Å²) in [5.74, 6) is 2.74. The van der Waals surface area contributed by atoms with Crippen LogP contribution >= 0.6 is 0 Å². The normalized spacial score (nSPS) is 13.2. The first kappa shape index (κ1) is 14.4. The number of ether oxygens (including phenoxy) is 3. The minimum Gasteiger partial charge on any atom is -0.497 e. The maximum Gasteiger partial charge on any atom is 0.153 e. The van der Waals surface area contributed by atoms with Gasteiger partial charge in [-0.1, -0.05) is 6.07 Å². The standard InChI is InChI=1S/C16H19N3O3/c1-20-11-6-5-10(14(9-11)21-2)8-13-15-12(4-3-7-22-15)16(17)19-18-13/h5-6,9H,3-4,7-8H2,1-2H3,(H2,17,19). The van der Waals surface area contributed by atoms with Gasteiger partial charge >= 0.3 is 0 Å². The summed E-state index contributed by atoms with van der Waals surface area (Å²) in [5.41, 5.74) is 8.65. The summed E-state index contributed by atoms with van der Waals surface area (Å²) in [7, 11) is 3.27. The predicted octanol–water partition coefficient (Wildman–Crippen LogP) is 1.99. The lowest BCUT2D eigenvalue weighted by Crippen LogP contribution is -2.15. The van der Waals surface area contributed by atoms with Crippen LogP contribution in [0.2, 0.25) is 0 Å². The third-order valence-corrected chi connectivity index (χ3v) is 3.79. The highest BCUT2D eigenvalue weighted by Gasteiger charge is 2.21. The molecule has 2 aromatic rings. The summed E-state index contributed by atoms with van der Waals surface area (Å²) >= 11 is 0. The van der Waals surface area contributed by atoms with Crippen LogP contribution in [0.4, 0.5) is 5.82 Å². The van der Waals surface area contributed by atoms with Gasteiger partial charge in [-0.15, -0.1) is 10.2 Å². The molecule has 3 rings (SSSR count). The minimum atomic E-state index is 0.458. The van der Waals surface area contributed by atoms with Gasteiger partial charge in [-0.25, -0.2) is 0 Å². The van der Waals surface area contributed by atoms with E-state index < -0.39 is 0 Å². The van der Waals surface area contributed by atoms with E-state index in [2.05, 4.69) is 10.2 Å². The number of fused-ring (bicyclic) bond motifs is 1. The molecule has 0 saturated heterocycles. The molecule has 0 aliphatic carbocycles. The molecule has 1 aromatic carbocycles. The Bertz CT molecular complexity index is 689. The highest BCUT2D eigenvalue weighted by molar-refractivity contribution is 5.53. The molecule has 0 spiro atoms. The number of nitrogens with zero attached hydrogens (tertiary/aromatic N) is 2. The van der Waals surface area contributed by atoms with Gasteiger partial charge in [0.2, 0.25) is 0 Å². The number of hydrogen-bond donors (Lipinski definition) is 1. The van der Waals surface area contributed by atoms with E-state index in [-0.39, 0.29) is 0 Å². The van der Waals surface area contributed by atoms with E-state index >= 15 is 0 Å². The van der Waals surface area contributed by atoms with Crippen molar-refractivity contribution in [3.8, 4) is 17.2 Å². The number of nitrogens with two attached hydrogens (primary N) is 1. The Balaban J connectivity index is 1.97. The highest BCUT2D eigenvalue weighted by Crippen LogP contribution is 2.34. The second-order valence-corrected chi connectivity index (χ2v) is 5.15. The lowest BCUT2D eigenvalue weighted by Gasteiger charge is -2.20. The molecule has 6 heteroatoms. The molecule has 1 aromatic heterocycles. The van der Waals surface area contributed by atoms with E-state index in [9.17, 15) is 0 Å². The summed E-state index contributed by atoms with van der Waals surface area (Å²) in [6.07, 6.45) is 2.40. The monoisotopic (exact) mass is 301 g/mol. The first-order valence-corrected chi connectivity index (χ1v) is 7.20. The van der Waals surface area contributed by atoms with E-state index in [4.69, 9.17) is 19.9 Å². The molecule has 0 atom stereocenters. The Labute approximate surface area is 129 Å². The van der Waals surface area contributed by atoms with Crippen molar-refractivity contribution in [3.05, 3.63) is 35.0 Å². The molecule has 1 aliphatic heterocycles. The highest BCUT2D eigenvalue weighted by atomic mass is 16.5. The van der Waals surface area contributed by atoms with E-state index in [0.29, 0.717) is 18.8 Å². The van der Waals surface area contributed by atoms with Crippen molar-refractivity contribution < 1.29 is 14.2 Å². The number of benzene rings is 1. The number of anilines is 1. The van der Waals surface area contributed by atoms with Crippen molar-refractivity contribution in [2.45, 2.75) is 19.3 Å². The van der Waals surface area contributed by atoms with Crippen LogP contribution in [0, 0.1) is 0 Å². The molecule has 0 unspecified atom stereocenters. The second-order valence-electron chi connectivity index (χ2n) is 5.15. The lowest BCUT2D eigenvalue weighted by atomic mass is 10.0. The first-order valence-electron chi connectivity index (χ1n) is 7.20. The Hall–Kier alpha value is -2.50. The smallest absolute Gasteiger partial charge is 0.153 e. The van der Waals surface area contributed by atoms with E-state index in [0.717, 1.165) is 46.9 Å². The van der Waals surface area contributed by atoms with Crippen LogP contribution in [-0.4, -0.2) is 31.0 Å². The summed E-state index contributed by atoms with van der Waals surface area (Å²) in [4.78, 5) is 0. The van der Waals surface area contributed by atoms with Crippen LogP contribution in [0.5, 0.6) is 17.2 Å². The van der Waals surface area contributed by atoms with Crippen molar-refractivity contribution in [3.63, 3.8) is 0 Å². The summed E-state index contributed by atoms with van der Waals surface area (Å²) < 4.78 is 16.4. The zero-order chi connectivity index (χ0) is 15.5. The van der Waals surface area contributed by atoms with Crippen molar-refractivity contribution >= 4 is 5.82 Å². The van der Waals surface area contributed by atoms with E-state index in [1.165, 1.54) is 0 Å². The summed E-state index contributed by atoms with van der Waals surface area (Å²) in [6.45, 7) is 0.685. The zero-order valence-electron chi connectivity index (χ0n) is 12.8. The molecule has 22 heavy (non-hydrogen) atoms. The molecular weight excluding hydrogens is 282 g/mol. The number of rotatable bonds is 4. The molecule has 0 saturated carbocycles. The van der Waals surface area contributed by atoms with Gasteiger partial charge in [0, 0.05) is 23.6 Å². The van der Waals surface area contributed by atoms with Gasteiger partial charge in [0.05, 0.1) is 20.8 Å². The van der Waals surface area contributed by atoms with Crippen LogP contribution in [-0.2, 0) is 12.8 Å². The van der Waals surface area contributed by atoms with Crippen LogP contribution in [0.1, 0.15) is 23.2 Å². The third kappa shape index (κ3) is 2.64. The van der Waals surface area contributed by atoms with Gasteiger partial charge < -0.3 is 19.9 Å². The van der Waals surface area contributed by atoms with Crippen LogP contribution in [0.25, 0.3) is 0 Å². The third-order valence-electron chi connectivity index (χ3n) is 3.79. The molecule has 2 N–H and O–H groups in total. The average Bonchev–Trinajstić information content (AvgIpc) is 2.58. The van der Waals surface area contributed by atoms with Gasteiger partial charge in [0.15, 0.2) is 5.82 Å². The number of nitrogen functional groups attached to an aromatic ring is 1. The topological polar surface area (TPSA) is 79.5 Å². The van der Waals surface area contributed by atoms with Crippen LogP contribution < -0.4 is 19.9 Å². The molecular formula is C16H19N3O3. The Kier molecular flexibility index (Phi) is 4.00.